The molecule has 0 unspecified atom stereocenters. The topological polar surface area (TPSA) is 68.5 Å². The van der Waals surface area contributed by atoms with Crippen molar-refractivity contribution < 1.29 is 19.1 Å². The molecular formula is C16H25N4O3S+. The van der Waals surface area contributed by atoms with Gasteiger partial charge in [0.1, 0.15) is 13.1 Å². The molecule has 1 fully saturated rings. The van der Waals surface area contributed by atoms with Crippen molar-refractivity contribution in [3.05, 3.63) is 23.8 Å². The predicted molar refractivity (Wildman–Crippen MR) is 97.3 cm³/mol. The minimum absolute atomic E-state index is 0.513. The fourth-order valence-corrected chi connectivity index (χ4v) is 2.56. The molecular weight excluding hydrogens is 328 g/mol. The van der Waals surface area contributed by atoms with Gasteiger partial charge in [0, 0.05) is 0 Å². The first-order valence-electron chi connectivity index (χ1n) is 7.93. The summed E-state index contributed by atoms with van der Waals surface area (Å²) in [4.78, 5) is 1.53. The van der Waals surface area contributed by atoms with Crippen molar-refractivity contribution in [2.45, 2.75) is 0 Å². The lowest BCUT2D eigenvalue weighted by Gasteiger charge is -2.23. The Morgan fingerprint density at radius 1 is 1.29 bits per heavy atom. The van der Waals surface area contributed by atoms with E-state index < -0.39 is 0 Å². The lowest BCUT2D eigenvalue weighted by molar-refractivity contribution is -0.906. The highest BCUT2D eigenvalue weighted by Crippen LogP contribution is 2.26. The molecule has 1 aromatic rings. The Labute approximate surface area is 147 Å². The van der Waals surface area contributed by atoms with Crippen molar-refractivity contribution in [3.8, 4) is 11.5 Å². The van der Waals surface area contributed by atoms with E-state index in [4.69, 9.17) is 26.4 Å². The van der Waals surface area contributed by atoms with Crippen molar-refractivity contribution in [2.75, 3.05) is 53.6 Å². The van der Waals surface area contributed by atoms with Gasteiger partial charge in [0.2, 0.25) is 0 Å². The fraction of sp³-hybridized carbons (Fsp3) is 0.500. The number of hydrogen-bond acceptors (Lipinski definition) is 5. The molecule has 1 aliphatic heterocycles. The van der Waals surface area contributed by atoms with E-state index in [1.807, 2.05) is 18.2 Å². The third-order valence-corrected chi connectivity index (χ3v) is 3.99. The number of hydrogen-bond donors (Lipinski definition) is 3. The van der Waals surface area contributed by atoms with Crippen molar-refractivity contribution in [2.24, 2.45) is 5.10 Å². The molecule has 1 aliphatic rings. The van der Waals surface area contributed by atoms with Crippen molar-refractivity contribution >= 4 is 23.5 Å². The van der Waals surface area contributed by atoms with Crippen LogP contribution in [0, 0.1) is 0 Å². The van der Waals surface area contributed by atoms with E-state index in [9.17, 15) is 0 Å². The number of rotatable bonds is 7. The minimum atomic E-state index is 0.513. The maximum absolute atomic E-state index is 5.34. The first-order chi connectivity index (χ1) is 11.7. The highest BCUT2D eigenvalue weighted by atomic mass is 32.1. The molecule has 1 saturated heterocycles. The average Bonchev–Trinajstić information content (AvgIpc) is 2.62. The van der Waals surface area contributed by atoms with Crippen LogP contribution in [0.1, 0.15) is 5.56 Å². The van der Waals surface area contributed by atoms with Crippen molar-refractivity contribution in [1.29, 1.82) is 0 Å². The van der Waals surface area contributed by atoms with E-state index in [0.29, 0.717) is 16.6 Å². The van der Waals surface area contributed by atoms with E-state index in [-0.39, 0.29) is 0 Å². The zero-order chi connectivity index (χ0) is 17.2. The summed E-state index contributed by atoms with van der Waals surface area (Å²) >= 11 is 5.21. The van der Waals surface area contributed by atoms with E-state index in [1.54, 1.807) is 20.4 Å². The maximum atomic E-state index is 5.34. The molecule has 2 rings (SSSR count). The van der Waals surface area contributed by atoms with Crippen LogP contribution < -0.4 is 25.1 Å². The molecule has 0 amide bonds. The van der Waals surface area contributed by atoms with Crippen LogP contribution in [0.3, 0.4) is 0 Å². The van der Waals surface area contributed by atoms with Gasteiger partial charge in [-0.05, 0) is 36.0 Å². The van der Waals surface area contributed by atoms with Gasteiger partial charge in [-0.1, -0.05) is 0 Å². The quantitative estimate of drug-likeness (QED) is 0.346. The SMILES string of the molecule is COc1ccc(/C=N\NC(=S)NCC[NH+]2CCOCC2)cc1OC. The Hall–Kier alpha value is -1.90. The van der Waals surface area contributed by atoms with Gasteiger partial charge >= 0.3 is 0 Å². The first kappa shape index (κ1) is 18.4. The predicted octanol–water partition coefficient (Wildman–Crippen LogP) is -0.583. The van der Waals surface area contributed by atoms with Crippen LogP contribution in [0.5, 0.6) is 11.5 Å². The number of ether oxygens (including phenoxy) is 3. The number of methoxy groups -OCH3 is 2. The van der Waals surface area contributed by atoms with Crippen LogP contribution in [0.4, 0.5) is 0 Å². The van der Waals surface area contributed by atoms with Crippen LogP contribution in [0.25, 0.3) is 0 Å². The Morgan fingerprint density at radius 2 is 2.04 bits per heavy atom. The minimum Gasteiger partial charge on any atom is -0.493 e. The molecule has 0 bridgehead atoms. The second-order valence-electron chi connectivity index (χ2n) is 5.35. The second kappa shape index (κ2) is 10.1. The Morgan fingerprint density at radius 3 is 2.75 bits per heavy atom. The van der Waals surface area contributed by atoms with Gasteiger partial charge in [-0.15, -0.1) is 0 Å². The third-order valence-electron chi connectivity index (χ3n) is 3.75. The zero-order valence-corrected chi connectivity index (χ0v) is 14.9. The van der Waals surface area contributed by atoms with Gasteiger partial charge < -0.3 is 24.4 Å². The van der Waals surface area contributed by atoms with Crippen LogP contribution in [-0.4, -0.2) is 64.9 Å². The van der Waals surface area contributed by atoms with Crippen molar-refractivity contribution in [1.82, 2.24) is 10.7 Å². The van der Waals surface area contributed by atoms with Gasteiger partial charge in [-0.25, -0.2) is 0 Å². The van der Waals surface area contributed by atoms with E-state index in [1.165, 1.54) is 4.90 Å². The Kier molecular flexibility index (Phi) is 7.73. The molecule has 24 heavy (non-hydrogen) atoms. The summed E-state index contributed by atoms with van der Waals surface area (Å²) in [5, 5.41) is 7.81. The van der Waals surface area contributed by atoms with Gasteiger partial charge in [-0.2, -0.15) is 5.10 Å². The van der Waals surface area contributed by atoms with E-state index in [0.717, 1.165) is 45.0 Å². The molecule has 0 saturated carbocycles. The summed E-state index contributed by atoms with van der Waals surface area (Å²) in [7, 11) is 3.21. The largest absolute Gasteiger partial charge is 0.493 e. The molecule has 1 heterocycles. The lowest BCUT2D eigenvalue weighted by atomic mass is 10.2. The summed E-state index contributed by atoms with van der Waals surface area (Å²) in [6, 6.07) is 5.58. The molecule has 0 aliphatic carbocycles. The average molecular weight is 353 g/mol. The number of hydrazone groups is 1. The summed E-state index contributed by atoms with van der Waals surface area (Å²) in [6.45, 7) is 5.62. The van der Waals surface area contributed by atoms with Gasteiger partial charge in [0.25, 0.3) is 0 Å². The van der Waals surface area contributed by atoms with Crippen molar-refractivity contribution in [3.63, 3.8) is 0 Å². The summed E-state index contributed by atoms with van der Waals surface area (Å²) in [5.74, 6) is 1.35. The second-order valence-corrected chi connectivity index (χ2v) is 5.76. The smallest absolute Gasteiger partial charge is 0.187 e. The Balaban J connectivity index is 1.71. The van der Waals surface area contributed by atoms with Gasteiger partial charge in [0.15, 0.2) is 16.6 Å². The molecule has 7 nitrogen and oxygen atoms in total. The normalized spacial score (nSPS) is 15.2. The molecule has 0 radical (unpaired) electrons. The number of benzene rings is 1. The third kappa shape index (κ3) is 5.95. The van der Waals surface area contributed by atoms with E-state index >= 15 is 0 Å². The van der Waals surface area contributed by atoms with Gasteiger partial charge in [-0.3, -0.25) is 5.43 Å². The lowest BCUT2D eigenvalue weighted by Crippen LogP contribution is -3.14. The molecule has 3 N–H and O–H groups in total. The van der Waals surface area contributed by atoms with Crippen LogP contribution in [0.15, 0.2) is 23.3 Å². The zero-order valence-electron chi connectivity index (χ0n) is 14.1. The molecule has 1 aromatic carbocycles. The monoisotopic (exact) mass is 353 g/mol. The number of nitrogens with one attached hydrogen (secondary N) is 3. The molecule has 0 aromatic heterocycles. The Bertz CT molecular complexity index is 562. The fourth-order valence-electron chi connectivity index (χ4n) is 2.40. The van der Waals surface area contributed by atoms with Gasteiger partial charge in [0.05, 0.1) is 46.7 Å². The number of thiocarbonyl (C=S) groups is 1. The maximum Gasteiger partial charge on any atom is 0.187 e. The van der Waals surface area contributed by atoms with Crippen LogP contribution >= 0.6 is 12.2 Å². The molecule has 0 atom stereocenters. The number of quaternary nitrogens is 1. The number of morpholine rings is 1. The highest BCUT2D eigenvalue weighted by molar-refractivity contribution is 7.80. The summed E-state index contributed by atoms with van der Waals surface area (Å²) in [6.07, 6.45) is 1.68. The molecule has 0 spiro atoms. The highest BCUT2D eigenvalue weighted by Gasteiger charge is 2.12. The number of nitrogens with zero attached hydrogens (tertiary/aromatic N) is 1. The summed E-state index contributed by atoms with van der Waals surface area (Å²) < 4.78 is 15.8. The van der Waals surface area contributed by atoms with Crippen LogP contribution in [0.2, 0.25) is 0 Å². The molecule has 8 heteroatoms. The van der Waals surface area contributed by atoms with E-state index in [2.05, 4.69) is 15.8 Å². The first-order valence-corrected chi connectivity index (χ1v) is 8.34. The summed E-state index contributed by atoms with van der Waals surface area (Å²) in [5.41, 5.74) is 3.71. The standard InChI is InChI=1S/C16H24N4O3S/c1-21-14-4-3-13(11-15(14)22-2)12-18-19-16(24)17-5-6-20-7-9-23-10-8-20/h3-4,11-12H,5-10H2,1-2H3,(H2,17,19,24)/p+1/b18-12-. The molecule has 132 valence electrons. The van der Waals surface area contributed by atoms with Crippen LogP contribution in [-0.2, 0) is 4.74 Å².